The molecule has 0 saturated heterocycles. The number of benzene rings is 1. The predicted molar refractivity (Wildman–Crippen MR) is 89.1 cm³/mol. The third kappa shape index (κ3) is 4.01. The van der Waals surface area contributed by atoms with E-state index in [2.05, 4.69) is 16.0 Å². The molecular formula is C19H21N3O. The highest BCUT2D eigenvalue weighted by atomic mass is 16.1. The fourth-order valence-electron chi connectivity index (χ4n) is 2.83. The quantitative estimate of drug-likeness (QED) is 0.843. The van der Waals surface area contributed by atoms with Gasteiger partial charge in [-0.3, -0.25) is 4.79 Å². The average Bonchev–Trinajstić information content (AvgIpc) is 2.47. The largest absolute Gasteiger partial charge is 0.298 e. The highest BCUT2D eigenvalue weighted by Crippen LogP contribution is 2.26. The second-order valence-electron chi connectivity index (χ2n) is 6.00. The van der Waals surface area contributed by atoms with Crippen LogP contribution >= 0.6 is 0 Å². The summed E-state index contributed by atoms with van der Waals surface area (Å²) >= 11 is 0. The first-order valence-corrected chi connectivity index (χ1v) is 7.72. The maximum atomic E-state index is 12.6. The molecule has 2 unspecified atom stereocenters. The monoisotopic (exact) mass is 307 g/mol. The van der Waals surface area contributed by atoms with Gasteiger partial charge in [-0.25, -0.2) is 9.97 Å². The van der Waals surface area contributed by atoms with Crippen molar-refractivity contribution >= 4 is 5.78 Å². The normalized spacial score (nSPS) is 13.2. The summed E-state index contributed by atoms with van der Waals surface area (Å²) in [5, 5.41) is 9.42. The van der Waals surface area contributed by atoms with Crippen LogP contribution in [0.1, 0.15) is 53.5 Å². The Balaban J connectivity index is 2.21. The lowest BCUT2D eigenvalue weighted by molar-refractivity contribution is -0.119. The van der Waals surface area contributed by atoms with Crippen LogP contribution < -0.4 is 0 Å². The van der Waals surface area contributed by atoms with Crippen LogP contribution in [-0.4, -0.2) is 15.8 Å². The molecule has 4 nitrogen and oxygen atoms in total. The molecule has 0 fully saturated rings. The number of ketones is 1. The van der Waals surface area contributed by atoms with Gasteiger partial charge in [0.05, 0.1) is 6.07 Å². The van der Waals surface area contributed by atoms with Crippen LogP contribution in [0.4, 0.5) is 0 Å². The molecular weight excluding hydrogens is 286 g/mol. The maximum Gasteiger partial charge on any atom is 0.164 e. The van der Waals surface area contributed by atoms with E-state index in [1.165, 1.54) is 0 Å². The minimum atomic E-state index is -0.903. The van der Waals surface area contributed by atoms with Gasteiger partial charge in [-0.2, -0.15) is 5.26 Å². The number of carbonyl (C=O) groups is 1. The molecule has 0 bridgehead atoms. The number of aromatic nitrogens is 2. The van der Waals surface area contributed by atoms with Crippen molar-refractivity contribution in [1.82, 2.24) is 9.97 Å². The van der Waals surface area contributed by atoms with Crippen LogP contribution in [0, 0.1) is 32.1 Å². The van der Waals surface area contributed by atoms with Gasteiger partial charge < -0.3 is 0 Å². The van der Waals surface area contributed by atoms with Crippen LogP contribution in [0.3, 0.4) is 0 Å². The van der Waals surface area contributed by atoms with E-state index in [1.807, 2.05) is 58.0 Å². The Bertz CT molecular complexity index is 741. The summed E-state index contributed by atoms with van der Waals surface area (Å²) < 4.78 is 0. The summed E-state index contributed by atoms with van der Waals surface area (Å²) in [5.41, 5.74) is 3.84. The lowest BCUT2D eigenvalue weighted by atomic mass is 9.88. The molecule has 0 N–H and O–H groups in total. The molecule has 23 heavy (non-hydrogen) atoms. The van der Waals surface area contributed by atoms with Gasteiger partial charge in [0.25, 0.3) is 0 Å². The third-order valence-electron chi connectivity index (χ3n) is 3.94. The molecule has 4 heteroatoms. The summed E-state index contributed by atoms with van der Waals surface area (Å²) in [4.78, 5) is 21.1. The summed E-state index contributed by atoms with van der Waals surface area (Å²) in [6.07, 6.45) is 0.305. The molecule has 118 valence electrons. The Kier molecular flexibility index (Phi) is 5.23. The minimum absolute atomic E-state index is 0.0606. The van der Waals surface area contributed by atoms with Crippen molar-refractivity contribution < 1.29 is 4.79 Å². The minimum Gasteiger partial charge on any atom is -0.298 e. The number of carbonyl (C=O) groups excluding carboxylic acids is 1. The van der Waals surface area contributed by atoms with Crippen molar-refractivity contribution in [2.75, 3.05) is 0 Å². The van der Waals surface area contributed by atoms with E-state index in [9.17, 15) is 10.1 Å². The lowest BCUT2D eigenvalue weighted by Gasteiger charge is -2.15. The SMILES string of the molecule is Cc1cc(C)nc(C(C#N)C(=O)CC(C)c2ccccc2C)n1. The fourth-order valence-corrected chi connectivity index (χ4v) is 2.83. The second kappa shape index (κ2) is 7.15. The first-order valence-electron chi connectivity index (χ1n) is 7.72. The number of nitriles is 1. The smallest absolute Gasteiger partial charge is 0.164 e. The molecule has 2 aromatic rings. The lowest BCUT2D eigenvalue weighted by Crippen LogP contribution is -2.17. The van der Waals surface area contributed by atoms with Gasteiger partial charge in [0.1, 0.15) is 0 Å². The maximum absolute atomic E-state index is 12.6. The highest BCUT2D eigenvalue weighted by molar-refractivity contribution is 5.88. The molecule has 2 rings (SSSR count). The Morgan fingerprint density at radius 1 is 1.17 bits per heavy atom. The zero-order valence-corrected chi connectivity index (χ0v) is 14.0. The molecule has 0 aliphatic rings. The van der Waals surface area contributed by atoms with Crippen molar-refractivity contribution in [1.29, 1.82) is 5.26 Å². The number of Topliss-reactive ketones (excluding diaryl/α,β-unsaturated/α-hetero) is 1. The zero-order chi connectivity index (χ0) is 17.0. The van der Waals surface area contributed by atoms with Gasteiger partial charge >= 0.3 is 0 Å². The van der Waals surface area contributed by atoms with E-state index in [0.717, 1.165) is 22.5 Å². The summed E-state index contributed by atoms with van der Waals surface area (Å²) in [6.45, 7) is 7.72. The van der Waals surface area contributed by atoms with Crippen LogP contribution in [0.25, 0.3) is 0 Å². The molecule has 0 radical (unpaired) electrons. The first kappa shape index (κ1) is 16.8. The number of nitrogens with zero attached hydrogens (tertiary/aromatic N) is 3. The summed E-state index contributed by atoms with van der Waals surface area (Å²) in [5.74, 6) is -0.661. The molecule has 2 atom stereocenters. The zero-order valence-electron chi connectivity index (χ0n) is 14.0. The predicted octanol–water partition coefficient (Wildman–Crippen LogP) is 3.77. The van der Waals surface area contributed by atoms with Crippen molar-refractivity contribution in [3.05, 3.63) is 58.7 Å². The van der Waals surface area contributed by atoms with E-state index in [-0.39, 0.29) is 11.7 Å². The molecule has 0 aliphatic carbocycles. The van der Waals surface area contributed by atoms with Gasteiger partial charge in [0.15, 0.2) is 17.5 Å². The van der Waals surface area contributed by atoms with Gasteiger partial charge in [-0.1, -0.05) is 31.2 Å². The number of rotatable bonds is 5. The Labute approximate surface area is 137 Å². The van der Waals surface area contributed by atoms with Crippen molar-refractivity contribution in [3.8, 4) is 6.07 Å². The molecule has 0 saturated carbocycles. The molecule has 1 aromatic carbocycles. The first-order chi connectivity index (χ1) is 10.9. The Morgan fingerprint density at radius 2 is 1.78 bits per heavy atom. The molecule has 1 heterocycles. The molecule has 0 amide bonds. The van der Waals surface area contributed by atoms with E-state index in [0.29, 0.717) is 12.2 Å². The molecule has 0 aliphatic heterocycles. The summed E-state index contributed by atoms with van der Waals surface area (Å²) in [6, 6.07) is 11.9. The second-order valence-corrected chi connectivity index (χ2v) is 6.00. The Morgan fingerprint density at radius 3 is 2.35 bits per heavy atom. The van der Waals surface area contributed by atoms with Gasteiger partial charge in [0.2, 0.25) is 0 Å². The van der Waals surface area contributed by atoms with Crippen molar-refractivity contribution in [2.45, 2.75) is 46.0 Å². The molecule has 1 aromatic heterocycles. The topological polar surface area (TPSA) is 66.6 Å². The standard InChI is InChI=1S/C19H21N3O/c1-12-7-5-6-8-16(12)13(2)9-18(23)17(11-20)19-21-14(3)10-15(4)22-19/h5-8,10,13,17H,9H2,1-4H3. The van der Waals surface area contributed by atoms with E-state index < -0.39 is 5.92 Å². The van der Waals surface area contributed by atoms with Crippen molar-refractivity contribution in [2.24, 2.45) is 0 Å². The van der Waals surface area contributed by atoms with E-state index in [1.54, 1.807) is 0 Å². The fraction of sp³-hybridized carbons (Fsp3) is 0.368. The number of hydrogen-bond acceptors (Lipinski definition) is 4. The van der Waals surface area contributed by atoms with Crippen LogP contribution in [0.5, 0.6) is 0 Å². The molecule has 0 spiro atoms. The van der Waals surface area contributed by atoms with Gasteiger partial charge in [-0.05, 0) is 43.9 Å². The summed E-state index contributed by atoms with van der Waals surface area (Å²) in [7, 11) is 0. The number of hydrogen-bond donors (Lipinski definition) is 0. The van der Waals surface area contributed by atoms with Crippen LogP contribution in [0.15, 0.2) is 30.3 Å². The Hall–Kier alpha value is -2.54. The van der Waals surface area contributed by atoms with Crippen molar-refractivity contribution in [3.63, 3.8) is 0 Å². The van der Waals surface area contributed by atoms with Gasteiger partial charge in [-0.15, -0.1) is 0 Å². The highest BCUT2D eigenvalue weighted by Gasteiger charge is 2.25. The van der Waals surface area contributed by atoms with Crippen LogP contribution in [-0.2, 0) is 4.79 Å². The van der Waals surface area contributed by atoms with Crippen LogP contribution in [0.2, 0.25) is 0 Å². The number of aryl methyl sites for hydroxylation is 3. The third-order valence-corrected chi connectivity index (χ3v) is 3.94. The van der Waals surface area contributed by atoms with Gasteiger partial charge in [0, 0.05) is 17.8 Å². The van der Waals surface area contributed by atoms with E-state index >= 15 is 0 Å². The average molecular weight is 307 g/mol. The van der Waals surface area contributed by atoms with E-state index in [4.69, 9.17) is 0 Å².